The molecule has 1 heterocycles. The standard InChI is InChI=1S/C20H27BrN2O2/c21-18-7-3-2-6-17(18)8-9-19(24)22-16-20(10-4-1-5-11-20)23-12-14-25-15-13-23/h2-3,6-9H,1,4-5,10-16H2,(H,22,24)/b9-8+. The lowest BCUT2D eigenvalue weighted by molar-refractivity contribution is -0.117. The smallest absolute Gasteiger partial charge is 0.244 e. The minimum Gasteiger partial charge on any atom is -0.379 e. The molecule has 2 fully saturated rings. The highest BCUT2D eigenvalue weighted by molar-refractivity contribution is 9.10. The highest BCUT2D eigenvalue weighted by Crippen LogP contribution is 2.33. The number of carbonyl (C=O) groups is 1. The van der Waals surface area contributed by atoms with Gasteiger partial charge in [-0.25, -0.2) is 0 Å². The molecule has 5 heteroatoms. The van der Waals surface area contributed by atoms with Gasteiger partial charge in [-0.15, -0.1) is 0 Å². The van der Waals surface area contributed by atoms with Gasteiger partial charge >= 0.3 is 0 Å². The Bertz CT molecular complexity index is 605. The van der Waals surface area contributed by atoms with E-state index in [4.69, 9.17) is 4.74 Å². The Morgan fingerprint density at radius 3 is 2.64 bits per heavy atom. The van der Waals surface area contributed by atoms with Gasteiger partial charge in [-0.3, -0.25) is 9.69 Å². The van der Waals surface area contributed by atoms with Gasteiger partial charge in [0, 0.05) is 35.7 Å². The van der Waals surface area contributed by atoms with E-state index in [0.29, 0.717) is 0 Å². The van der Waals surface area contributed by atoms with Gasteiger partial charge in [0.15, 0.2) is 0 Å². The highest BCUT2D eigenvalue weighted by atomic mass is 79.9. The number of ether oxygens (including phenoxy) is 1. The Balaban J connectivity index is 1.60. The first-order valence-electron chi connectivity index (χ1n) is 9.23. The molecule has 1 aliphatic carbocycles. The molecule has 0 radical (unpaired) electrons. The normalized spacial score (nSPS) is 21.3. The van der Waals surface area contributed by atoms with Crippen LogP contribution in [0, 0.1) is 0 Å². The van der Waals surface area contributed by atoms with Crippen LogP contribution in [0.4, 0.5) is 0 Å². The lowest BCUT2D eigenvalue weighted by Crippen LogP contribution is -2.59. The van der Waals surface area contributed by atoms with Gasteiger partial charge in [0.05, 0.1) is 13.2 Å². The Morgan fingerprint density at radius 2 is 1.92 bits per heavy atom. The van der Waals surface area contributed by atoms with E-state index >= 15 is 0 Å². The summed E-state index contributed by atoms with van der Waals surface area (Å²) >= 11 is 3.51. The summed E-state index contributed by atoms with van der Waals surface area (Å²) in [6, 6.07) is 7.91. The molecule has 1 aromatic carbocycles. The number of nitrogens with one attached hydrogen (secondary N) is 1. The monoisotopic (exact) mass is 406 g/mol. The molecule has 1 N–H and O–H groups in total. The van der Waals surface area contributed by atoms with Crippen molar-refractivity contribution in [2.75, 3.05) is 32.8 Å². The number of morpholine rings is 1. The summed E-state index contributed by atoms with van der Waals surface area (Å²) in [5.74, 6) is -0.0195. The third-order valence-electron chi connectivity index (χ3n) is 5.38. The van der Waals surface area contributed by atoms with E-state index in [0.717, 1.165) is 42.9 Å². The molecular weight excluding hydrogens is 380 g/mol. The minimum absolute atomic E-state index is 0.0195. The fraction of sp³-hybridized carbons (Fsp3) is 0.550. The number of carbonyl (C=O) groups excluding carboxylic acids is 1. The second kappa shape index (κ2) is 8.97. The molecule has 25 heavy (non-hydrogen) atoms. The second-order valence-corrected chi connectivity index (χ2v) is 7.81. The van der Waals surface area contributed by atoms with E-state index in [1.54, 1.807) is 6.08 Å². The topological polar surface area (TPSA) is 41.6 Å². The van der Waals surface area contributed by atoms with Gasteiger partial charge in [0.2, 0.25) is 5.91 Å². The fourth-order valence-electron chi connectivity index (χ4n) is 3.94. The first kappa shape index (κ1) is 18.6. The number of halogens is 1. The molecule has 1 saturated carbocycles. The fourth-order valence-corrected chi connectivity index (χ4v) is 4.36. The van der Waals surface area contributed by atoms with Crippen molar-refractivity contribution in [3.05, 3.63) is 40.4 Å². The zero-order valence-electron chi connectivity index (χ0n) is 14.7. The van der Waals surface area contributed by atoms with Crippen LogP contribution in [0.1, 0.15) is 37.7 Å². The lowest BCUT2D eigenvalue weighted by atomic mass is 9.79. The number of hydrogen-bond donors (Lipinski definition) is 1. The molecule has 0 bridgehead atoms. The van der Waals surface area contributed by atoms with Crippen LogP contribution in [0.5, 0.6) is 0 Å². The van der Waals surface area contributed by atoms with E-state index in [1.165, 1.54) is 32.1 Å². The van der Waals surface area contributed by atoms with E-state index in [2.05, 4.69) is 26.1 Å². The molecule has 0 atom stereocenters. The molecular formula is C20H27BrN2O2. The van der Waals surface area contributed by atoms with Crippen LogP contribution in [0.3, 0.4) is 0 Å². The maximum Gasteiger partial charge on any atom is 0.244 e. The molecule has 4 nitrogen and oxygen atoms in total. The average molecular weight is 407 g/mol. The summed E-state index contributed by atoms with van der Waals surface area (Å²) < 4.78 is 6.51. The summed E-state index contributed by atoms with van der Waals surface area (Å²) in [5.41, 5.74) is 1.12. The molecule has 0 spiro atoms. The molecule has 1 saturated heterocycles. The first-order valence-corrected chi connectivity index (χ1v) is 10.0. The van der Waals surface area contributed by atoms with Crippen molar-refractivity contribution in [1.82, 2.24) is 10.2 Å². The molecule has 1 aliphatic heterocycles. The van der Waals surface area contributed by atoms with Crippen molar-refractivity contribution < 1.29 is 9.53 Å². The van der Waals surface area contributed by atoms with Crippen LogP contribution < -0.4 is 5.32 Å². The van der Waals surface area contributed by atoms with E-state index in [9.17, 15) is 4.79 Å². The number of amides is 1. The summed E-state index contributed by atoms with van der Waals surface area (Å²) in [4.78, 5) is 14.9. The van der Waals surface area contributed by atoms with Crippen LogP contribution in [0.15, 0.2) is 34.8 Å². The molecule has 136 valence electrons. The summed E-state index contributed by atoms with van der Waals surface area (Å²) in [6.45, 7) is 4.28. The van der Waals surface area contributed by atoms with Gasteiger partial charge in [0.25, 0.3) is 0 Å². The van der Waals surface area contributed by atoms with Crippen LogP contribution >= 0.6 is 15.9 Å². The quantitative estimate of drug-likeness (QED) is 0.759. The Hall–Kier alpha value is -1.17. The number of rotatable bonds is 5. The van der Waals surface area contributed by atoms with Gasteiger partial charge < -0.3 is 10.1 Å². The molecule has 1 aromatic rings. The Morgan fingerprint density at radius 1 is 1.20 bits per heavy atom. The molecule has 3 rings (SSSR count). The summed E-state index contributed by atoms with van der Waals surface area (Å²) in [5, 5.41) is 3.16. The Kier molecular flexibility index (Phi) is 6.68. The van der Waals surface area contributed by atoms with Gasteiger partial charge in [-0.2, -0.15) is 0 Å². The van der Waals surface area contributed by atoms with Gasteiger partial charge in [-0.1, -0.05) is 53.4 Å². The summed E-state index contributed by atoms with van der Waals surface area (Å²) in [7, 11) is 0. The van der Waals surface area contributed by atoms with Gasteiger partial charge in [0.1, 0.15) is 0 Å². The average Bonchev–Trinajstić information content (AvgIpc) is 2.67. The molecule has 2 aliphatic rings. The zero-order valence-corrected chi connectivity index (χ0v) is 16.3. The van der Waals surface area contributed by atoms with Crippen LogP contribution in [-0.4, -0.2) is 49.2 Å². The minimum atomic E-state index is -0.0195. The van der Waals surface area contributed by atoms with Crippen LogP contribution in [0.25, 0.3) is 6.08 Å². The maximum absolute atomic E-state index is 12.3. The predicted molar refractivity (Wildman–Crippen MR) is 104 cm³/mol. The molecule has 0 aromatic heterocycles. The first-order chi connectivity index (χ1) is 12.2. The molecule has 0 unspecified atom stereocenters. The highest BCUT2D eigenvalue weighted by Gasteiger charge is 2.38. The van der Waals surface area contributed by atoms with Crippen molar-refractivity contribution in [2.45, 2.75) is 37.6 Å². The number of hydrogen-bond acceptors (Lipinski definition) is 3. The summed E-state index contributed by atoms with van der Waals surface area (Å²) in [6.07, 6.45) is 9.64. The number of benzene rings is 1. The van der Waals surface area contributed by atoms with E-state index in [1.807, 2.05) is 30.3 Å². The predicted octanol–water partition coefficient (Wildman–Crippen LogP) is 3.61. The van der Waals surface area contributed by atoms with E-state index in [-0.39, 0.29) is 11.4 Å². The van der Waals surface area contributed by atoms with Crippen molar-refractivity contribution in [2.24, 2.45) is 0 Å². The van der Waals surface area contributed by atoms with Crippen molar-refractivity contribution in [3.8, 4) is 0 Å². The molecule has 1 amide bonds. The second-order valence-electron chi connectivity index (χ2n) is 6.96. The number of nitrogens with zero attached hydrogens (tertiary/aromatic N) is 1. The van der Waals surface area contributed by atoms with Crippen molar-refractivity contribution in [3.63, 3.8) is 0 Å². The largest absolute Gasteiger partial charge is 0.379 e. The zero-order chi connectivity index (χ0) is 17.5. The van der Waals surface area contributed by atoms with Gasteiger partial charge in [-0.05, 0) is 30.5 Å². The van der Waals surface area contributed by atoms with E-state index < -0.39 is 0 Å². The van der Waals surface area contributed by atoms with Crippen LogP contribution in [0.2, 0.25) is 0 Å². The third kappa shape index (κ3) is 4.93. The lowest BCUT2D eigenvalue weighted by Gasteiger charge is -2.48. The maximum atomic E-state index is 12.3. The third-order valence-corrected chi connectivity index (χ3v) is 6.10. The van der Waals surface area contributed by atoms with Crippen LogP contribution in [-0.2, 0) is 9.53 Å². The van der Waals surface area contributed by atoms with Crippen molar-refractivity contribution in [1.29, 1.82) is 0 Å². The van der Waals surface area contributed by atoms with Crippen molar-refractivity contribution >= 4 is 27.9 Å². The Labute approximate surface area is 158 Å². The SMILES string of the molecule is O=C(/C=C/c1ccccc1Br)NCC1(N2CCOCC2)CCCCC1.